The molecule has 0 saturated carbocycles. The second-order valence-corrected chi connectivity index (χ2v) is 17.5. The van der Waals surface area contributed by atoms with Gasteiger partial charge in [-0.2, -0.15) is 0 Å². The number of benzene rings is 9. The molecule has 0 fully saturated rings. The van der Waals surface area contributed by atoms with Crippen LogP contribution in [0.5, 0.6) is 11.5 Å². The third-order valence-corrected chi connectivity index (χ3v) is 14.3. The molecule has 2 atom stereocenters. The highest BCUT2D eigenvalue weighted by Crippen LogP contribution is 2.66. The maximum atomic E-state index is 7.09. The number of nitrogens with zero attached hydrogens (tertiary/aromatic N) is 2. The Hall–Kier alpha value is -8.34. The number of allylic oxidation sites excluding steroid dienone is 2. The van der Waals surface area contributed by atoms with Crippen LogP contribution < -0.4 is 14.4 Å². The fourth-order valence-corrected chi connectivity index (χ4v) is 11.7. The van der Waals surface area contributed by atoms with E-state index in [1.807, 2.05) is 6.07 Å². The Morgan fingerprint density at radius 3 is 1.82 bits per heavy atom. The van der Waals surface area contributed by atoms with Gasteiger partial charge in [-0.25, -0.2) is 0 Å². The maximum Gasteiger partial charge on any atom is 0.177 e. The van der Waals surface area contributed by atoms with Gasteiger partial charge in [0.05, 0.1) is 16.4 Å². The van der Waals surface area contributed by atoms with Crippen molar-refractivity contribution in [1.82, 2.24) is 4.57 Å². The van der Waals surface area contributed by atoms with E-state index < -0.39 is 0 Å². The van der Waals surface area contributed by atoms with Gasteiger partial charge in [0.15, 0.2) is 23.0 Å². The van der Waals surface area contributed by atoms with E-state index in [4.69, 9.17) is 9.47 Å². The molecule has 4 heteroatoms. The molecule has 4 aliphatic rings. The smallest absolute Gasteiger partial charge is 0.177 e. The third-order valence-electron chi connectivity index (χ3n) is 14.3. The Labute approximate surface area is 377 Å². The van der Waals surface area contributed by atoms with Crippen LogP contribution in [0.25, 0.3) is 49.7 Å². The zero-order valence-corrected chi connectivity index (χ0v) is 35.3. The monoisotopic (exact) mass is 832 g/mol. The van der Waals surface area contributed by atoms with E-state index in [0.717, 1.165) is 62.4 Å². The lowest BCUT2D eigenvalue weighted by atomic mass is 9.65. The first-order chi connectivity index (χ1) is 32.2. The largest absolute Gasteiger partial charge is 0.450 e. The van der Waals surface area contributed by atoms with Crippen molar-refractivity contribution < 1.29 is 9.47 Å². The topological polar surface area (TPSA) is 26.6 Å². The van der Waals surface area contributed by atoms with Crippen molar-refractivity contribution in [2.24, 2.45) is 5.92 Å². The molecule has 65 heavy (non-hydrogen) atoms. The SMILES string of the molecule is C1=C2Oc3cccc(-c4ccc(N(c5ccccc5)c5ccc6c7ccccc7n(-c7ccccc7)c6c5)cc4)c3OC2=C[C@H]2C1c1ccccc1C21c2ccccc2-c2ccccc21. The summed E-state index contributed by atoms with van der Waals surface area (Å²) in [5, 5.41) is 2.46. The van der Waals surface area contributed by atoms with Crippen LogP contribution in [0.2, 0.25) is 0 Å². The standard InChI is InChI=1S/C61H40N2O2/c1-3-16-40(17-4-1)62(43-34-35-49-48-23-10-14-28-55(48)63(56(49)36-43)41-18-5-2-6-19-41)42-32-30-39(31-33-42)44-24-15-29-57-60(44)65-59-38-54-50(37-58(59)64-57)47-22-9-13-27-53(47)61(54)51-25-11-7-20-45(51)46-21-8-12-26-52(46)61/h1-38,50,54H/t50?,54-/m0/s1. The van der Waals surface area contributed by atoms with Gasteiger partial charge in [0.25, 0.3) is 0 Å². The average molecular weight is 833 g/mol. The lowest BCUT2D eigenvalue weighted by Gasteiger charge is -2.38. The Morgan fingerprint density at radius 2 is 1.03 bits per heavy atom. The molecule has 0 bridgehead atoms. The van der Waals surface area contributed by atoms with E-state index in [2.05, 4.69) is 234 Å². The molecule has 3 aliphatic carbocycles. The van der Waals surface area contributed by atoms with Crippen LogP contribution in [0.3, 0.4) is 0 Å². The van der Waals surface area contributed by atoms with Crippen molar-refractivity contribution in [3.8, 4) is 39.4 Å². The zero-order chi connectivity index (χ0) is 42.6. The fourth-order valence-electron chi connectivity index (χ4n) is 11.7. The summed E-state index contributed by atoms with van der Waals surface area (Å²) in [5.41, 5.74) is 16.4. The number of anilines is 3. The summed E-state index contributed by atoms with van der Waals surface area (Å²) in [5.74, 6) is 3.23. The highest BCUT2D eigenvalue weighted by atomic mass is 16.6. The number of fused-ring (bicyclic) bond motifs is 15. The predicted molar refractivity (Wildman–Crippen MR) is 263 cm³/mol. The lowest BCUT2D eigenvalue weighted by molar-refractivity contribution is 0.276. The summed E-state index contributed by atoms with van der Waals surface area (Å²) >= 11 is 0. The van der Waals surface area contributed by atoms with Crippen LogP contribution in [0.4, 0.5) is 17.1 Å². The van der Waals surface area contributed by atoms with Crippen molar-refractivity contribution >= 4 is 38.9 Å². The predicted octanol–water partition coefficient (Wildman–Crippen LogP) is 15.2. The molecule has 0 amide bonds. The molecule has 14 rings (SSSR count). The van der Waals surface area contributed by atoms with Crippen molar-refractivity contribution in [1.29, 1.82) is 0 Å². The summed E-state index contributed by atoms with van der Waals surface area (Å²) < 4.78 is 16.3. The van der Waals surface area contributed by atoms with E-state index in [1.54, 1.807) is 0 Å². The summed E-state index contributed by atoms with van der Waals surface area (Å²) in [6.07, 6.45) is 4.68. The first kappa shape index (κ1) is 36.2. The first-order valence-corrected chi connectivity index (χ1v) is 22.5. The number of para-hydroxylation sites is 4. The second kappa shape index (κ2) is 13.8. The highest BCUT2D eigenvalue weighted by molar-refractivity contribution is 6.10. The van der Waals surface area contributed by atoms with Gasteiger partial charge in [0.2, 0.25) is 0 Å². The van der Waals surface area contributed by atoms with Crippen LogP contribution in [-0.2, 0) is 5.41 Å². The van der Waals surface area contributed by atoms with Crippen molar-refractivity contribution in [3.05, 3.63) is 264 Å². The maximum absolute atomic E-state index is 7.09. The Balaban J connectivity index is 0.858. The van der Waals surface area contributed by atoms with Crippen LogP contribution in [-0.4, -0.2) is 4.57 Å². The molecule has 1 unspecified atom stereocenters. The van der Waals surface area contributed by atoms with E-state index in [0.29, 0.717) is 0 Å². The van der Waals surface area contributed by atoms with E-state index in [9.17, 15) is 0 Å². The van der Waals surface area contributed by atoms with Crippen LogP contribution >= 0.6 is 0 Å². The first-order valence-electron chi connectivity index (χ1n) is 22.5. The van der Waals surface area contributed by atoms with Crippen LogP contribution in [0.15, 0.2) is 242 Å². The molecule has 2 heterocycles. The summed E-state index contributed by atoms with van der Waals surface area (Å²) in [6, 6.07) is 78.8. The molecule has 9 aromatic carbocycles. The number of ether oxygens (including phenoxy) is 2. The molecule has 1 spiro atoms. The lowest BCUT2D eigenvalue weighted by Crippen LogP contribution is -2.34. The minimum atomic E-state index is -0.351. The molecule has 306 valence electrons. The van der Waals surface area contributed by atoms with Gasteiger partial charge >= 0.3 is 0 Å². The summed E-state index contributed by atoms with van der Waals surface area (Å²) in [4.78, 5) is 2.34. The van der Waals surface area contributed by atoms with Gasteiger partial charge in [0.1, 0.15) is 0 Å². The van der Waals surface area contributed by atoms with E-state index >= 15 is 0 Å². The van der Waals surface area contributed by atoms with Gasteiger partial charge in [-0.15, -0.1) is 0 Å². The normalized spacial score (nSPS) is 16.9. The van der Waals surface area contributed by atoms with E-state index in [1.165, 1.54) is 49.7 Å². The summed E-state index contributed by atoms with van der Waals surface area (Å²) in [7, 11) is 0. The molecule has 1 aromatic heterocycles. The van der Waals surface area contributed by atoms with Crippen molar-refractivity contribution in [2.75, 3.05) is 4.90 Å². The van der Waals surface area contributed by atoms with Crippen molar-refractivity contribution in [3.63, 3.8) is 0 Å². The molecular weight excluding hydrogens is 793 g/mol. The van der Waals surface area contributed by atoms with Gasteiger partial charge in [-0.1, -0.05) is 158 Å². The zero-order valence-electron chi connectivity index (χ0n) is 35.3. The average Bonchev–Trinajstić information content (AvgIpc) is 3.97. The minimum absolute atomic E-state index is 0.0946. The molecule has 10 aromatic rings. The number of hydrogen-bond acceptors (Lipinski definition) is 3. The quantitative estimate of drug-likeness (QED) is 0.173. The third kappa shape index (κ3) is 5.14. The van der Waals surface area contributed by atoms with Gasteiger partial charge < -0.3 is 18.9 Å². The van der Waals surface area contributed by atoms with Gasteiger partial charge in [-0.3, -0.25) is 0 Å². The van der Waals surface area contributed by atoms with E-state index in [-0.39, 0.29) is 17.3 Å². The van der Waals surface area contributed by atoms with Crippen LogP contribution in [0.1, 0.15) is 28.2 Å². The van der Waals surface area contributed by atoms with Gasteiger partial charge in [0, 0.05) is 50.9 Å². The number of hydrogen-bond donors (Lipinski definition) is 0. The molecule has 0 saturated heterocycles. The minimum Gasteiger partial charge on any atom is -0.450 e. The molecular formula is C61H40N2O2. The molecule has 0 radical (unpaired) electrons. The molecule has 0 N–H and O–H groups in total. The second-order valence-electron chi connectivity index (χ2n) is 17.5. The van der Waals surface area contributed by atoms with Gasteiger partial charge in [-0.05, 0) is 112 Å². The Kier molecular flexibility index (Phi) is 7.70. The number of rotatable bonds is 5. The molecule has 4 nitrogen and oxygen atoms in total. The van der Waals surface area contributed by atoms with Crippen LogP contribution in [0, 0.1) is 5.92 Å². The Morgan fingerprint density at radius 1 is 0.431 bits per heavy atom. The summed E-state index contributed by atoms with van der Waals surface area (Å²) in [6.45, 7) is 0. The van der Waals surface area contributed by atoms with Crippen molar-refractivity contribution in [2.45, 2.75) is 11.3 Å². The fraction of sp³-hybridized carbons (Fsp3) is 0.0492. The number of aromatic nitrogens is 1. The molecule has 1 aliphatic heterocycles. The highest BCUT2D eigenvalue weighted by Gasteiger charge is 2.58. The Bertz CT molecular complexity index is 3570.